The number of nitrogens with zero attached hydrogens (tertiary/aromatic N) is 1. The molecule has 1 saturated carbocycles. The van der Waals surface area contributed by atoms with E-state index in [-0.39, 0.29) is 12.1 Å². The van der Waals surface area contributed by atoms with Gasteiger partial charge < -0.3 is 5.32 Å². The molecular formula is C14H29N3O2S2. The van der Waals surface area contributed by atoms with Crippen molar-refractivity contribution in [2.75, 3.05) is 25.1 Å². The maximum atomic E-state index is 12.7. The van der Waals surface area contributed by atoms with Crippen molar-refractivity contribution in [3.63, 3.8) is 0 Å². The van der Waals surface area contributed by atoms with E-state index >= 15 is 0 Å². The predicted octanol–water partition coefficient (Wildman–Crippen LogP) is 1.57. The Morgan fingerprint density at radius 2 is 2.05 bits per heavy atom. The van der Waals surface area contributed by atoms with Crippen LogP contribution in [0.15, 0.2) is 0 Å². The Balaban J connectivity index is 1.96. The lowest BCUT2D eigenvalue weighted by atomic mass is 10.1. The highest BCUT2D eigenvalue weighted by molar-refractivity contribution is 7.98. The molecule has 5 nitrogen and oxygen atoms in total. The van der Waals surface area contributed by atoms with Gasteiger partial charge in [-0.3, -0.25) is 0 Å². The van der Waals surface area contributed by atoms with Gasteiger partial charge in [0.15, 0.2) is 0 Å². The first-order valence-corrected chi connectivity index (χ1v) is 10.9. The molecule has 0 aromatic carbocycles. The molecule has 0 bridgehead atoms. The van der Waals surface area contributed by atoms with Crippen molar-refractivity contribution in [2.45, 2.75) is 63.6 Å². The number of piperidine rings is 1. The van der Waals surface area contributed by atoms with Gasteiger partial charge in [-0.2, -0.15) is 29.2 Å². The van der Waals surface area contributed by atoms with Gasteiger partial charge in [0, 0.05) is 37.0 Å². The molecule has 2 fully saturated rings. The summed E-state index contributed by atoms with van der Waals surface area (Å²) in [5, 5.41) is 3.48. The first-order chi connectivity index (χ1) is 10.1. The van der Waals surface area contributed by atoms with Gasteiger partial charge in [0.1, 0.15) is 0 Å². The quantitative estimate of drug-likeness (QED) is 0.671. The van der Waals surface area contributed by atoms with E-state index in [0.717, 1.165) is 38.0 Å². The summed E-state index contributed by atoms with van der Waals surface area (Å²) >= 11 is 1.69. The number of hydrogen-bond donors (Lipinski definition) is 2. The number of hydrogen-bond acceptors (Lipinski definition) is 4. The molecule has 2 N–H and O–H groups in total. The van der Waals surface area contributed by atoms with Gasteiger partial charge in [-0.15, -0.1) is 0 Å². The van der Waals surface area contributed by atoms with Gasteiger partial charge in [0.2, 0.25) is 0 Å². The fourth-order valence-corrected chi connectivity index (χ4v) is 5.37. The van der Waals surface area contributed by atoms with Crippen LogP contribution in [0.4, 0.5) is 0 Å². The molecule has 0 spiro atoms. The second kappa shape index (κ2) is 8.15. The van der Waals surface area contributed by atoms with Crippen LogP contribution in [0.1, 0.15) is 45.4 Å². The van der Waals surface area contributed by atoms with Gasteiger partial charge >= 0.3 is 0 Å². The molecule has 0 radical (unpaired) electrons. The van der Waals surface area contributed by atoms with Crippen molar-refractivity contribution in [3.05, 3.63) is 0 Å². The number of nitrogens with one attached hydrogen (secondary N) is 2. The zero-order valence-corrected chi connectivity index (χ0v) is 14.8. The molecule has 2 aliphatic rings. The van der Waals surface area contributed by atoms with Crippen molar-refractivity contribution in [1.29, 1.82) is 0 Å². The first kappa shape index (κ1) is 17.5. The second-order valence-corrected chi connectivity index (χ2v) is 8.69. The van der Waals surface area contributed by atoms with Crippen molar-refractivity contribution >= 4 is 22.0 Å². The van der Waals surface area contributed by atoms with Crippen molar-refractivity contribution in [1.82, 2.24) is 14.3 Å². The standard InChI is InChI=1S/C14H29N3O2S2/c1-3-12(11-20-2)16-21(18,19)17-9-5-4-6-14(17)10-15-13-7-8-13/h12-16H,3-11H2,1-2H3. The van der Waals surface area contributed by atoms with Gasteiger partial charge in [0.05, 0.1) is 0 Å². The van der Waals surface area contributed by atoms with Crippen LogP contribution in [0.25, 0.3) is 0 Å². The predicted molar refractivity (Wildman–Crippen MR) is 89.9 cm³/mol. The second-order valence-electron chi connectivity index (χ2n) is 6.13. The third kappa shape index (κ3) is 5.39. The SMILES string of the molecule is CCC(CSC)NS(=O)(=O)N1CCCCC1CNC1CC1. The van der Waals surface area contributed by atoms with E-state index in [9.17, 15) is 8.42 Å². The summed E-state index contributed by atoms with van der Waals surface area (Å²) in [5.74, 6) is 0.828. The van der Waals surface area contributed by atoms with E-state index in [0.29, 0.717) is 12.6 Å². The van der Waals surface area contributed by atoms with E-state index < -0.39 is 10.2 Å². The lowest BCUT2D eigenvalue weighted by Crippen LogP contribution is -2.54. The Morgan fingerprint density at radius 1 is 1.29 bits per heavy atom. The summed E-state index contributed by atoms with van der Waals surface area (Å²) in [6, 6.07) is 0.775. The molecular weight excluding hydrogens is 306 g/mol. The highest BCUT2D eigenvalue weighted by atomic mass is 32.2. The summed E-state index contributed by atoms with van der Waals surface area (Å²) in [6.07, 6.45) is 8.40. The smallest absolute Gasteiger partial charge is 0.280 e. The van der Waals surface area contributed by atoms with Gasteiger partial charge in [-0.25, -0.2) is 0 Å². The summed E-state index contributed by atoms with van der Waals surface area (Å²) < 4.78 is 30.0. The third-order valence-corrected chi connectivity index (χ3v) is 6.74. The minimum absolute atomic E-state index is 0.0315. The summed E-state index contributed by atoms with van der Waals surface area (Å²) in [5.41, 5.74) is 0. The Labute approximate surface area is 133 Å². The molecule has 7 heteroatoms. The molecule has 21 heavy (non-hydrogen) atoms. The minimum Gasteiger partial charge on any atom is -0.312 e. The van der Waals surface area contributed by atoms with Crippen LogP contribution in [0, 0.1) is 0 Å². The van der Waals surface area contributed by atoms with Crippen molar-refractivity contribution in [3.8, 4) is 0 Å². The number of rotatable bonds is 9. The average molecular weight is 336 g/mol. The number of thioether (sulfide) groups is 1. The summed E-state index contributed by atoms with van der Waals surface area (Å²) in [6.45, 7) is 3.48. The molecule has 2 atom stereocenters. The van der Waals surface area contributed by atoms with Crippen molar-refractivity contribution in [2.24, 2.45) is 0 Å². The Hall–Kier alpha value is 0.180. The lowest BCUT2D eigenvalue weighted by Gasteiger charge is -2.35. The molecule has 1 aliphatic carbocycles. The van der Waals surface area contributed by atoms with Crippen LogP contribution in [-0.4, -0.2) is 55.9 Å². The van der Waals surface area contributed by atoms with E-state index in [4.69, 9.17) is 0 Å². The topological polar surface area (TPSA) is 61.4 Å². The highest BCUT2D eigenvalue weighted by Gasteiger charge is 2.34. The highest BCUT2D eigenvalue weighted by Crippen LogP contribution is 2.23. The maximum absolute atomic E-state index is 12.7. The van der Waals surface area contributed by atoms with Crippen LogP contribution in [0.2, 0.25) is 0 Å². The molecule has 0 amide bonds. The normalized spacial score (nSPS) is 25.9. The molecule has 0 aromatic rings. The lowest BCUT2D eigenvalue weighted by molar-refractivity contribution is 0.241. The van der Waals surface area contributed by atoms with Gasteiger partial charge in [-0.1, -0.05) is 13.3 Å². The monoisotopic (exact) mass is 335 g/mol. The van der Waals surface area contributed by atoms with Crippen LogP contribution < -0.4 is 10.0 Å². The first-order valence-electron chi connectivity index (χ1n) is 8.08. The largest absolute Gasteiger partial charge is 0.312 e. The average Bonchev–Trinajstić information content (AvgIpc) is 3.29. The van der Waals surface area contributed by atoms with Gasteiger partial charge in [0.25, 0.3) is 10.2 Å². The molecule has 2 unspecified atom stereocenters. The molecule has 124 valence electrons. The summed E-state index contributed by atoms with van der Waals surface area (Å²) in [4.78, 5) is 0. The van der Waals surface area contributed by atoms with Gasteiger partial charge in [-0.05, 0) is 38.4 Å². The van der Waals surface area contributed by atoms with E-state index in [2.05, 4.69) is 10.0 Å². The molecule has 1 saturated heterocycles. The van der Waals surface area contributed by atoms with E-state index in [1.165, 1.54) is 12.8 Å². The van der Waals surface area contributed by atoms with Crippen LogP contribution in [0.5, 0.6) is 0 Å². The van der Waals surface area contributed by atoms with Crippen LogP contribution >= 0.6 is 11.8 Å². The van der Waals surface area contributed by atoms with Crippen molar-refractivity contribution < 1.29 is 8.42 Å². The van der Waals surface area contributed by atoms with E-state index in [1.807, 2.05) is 13.2 Å². The maximum Gasteiger partial charge on any atom is 0.280 e. The van der Waals surface area contributed by atoms with Crippen LogP contribution in [-0.2, 0) is 10.2 Å². The fraction of sp³-hybridized carbons (Fsp3) is 1.00. The van der Waals surface area contributed by atoms with E-state index in [1.54, 1.807) is 16.1 Å². The third-order valence-electron chi connectivity index (χ3n) is 4.28. The molecule has 0 aromatic heterocycles. The zero-order chi connectivity index (χ0) is 15.3. The summed E-state index contributed by atoms with van der Waals surface area (Å²) in [7, 11) is -3.36. The zero-order valence-electron chi connectivity index (χ0n) is 13.2. The Bertz CT molecular complexity index is 412. The minimum atomic E-state index is -3.36. The Kier molecular flexibility index (Phi) is 6.80. The van der Waals surface area contributed by atoms with Crippen LogP contribution in [0.3, 0.4) is 0 Å². The molecule has 1 heterocycles. The molecule has 1 aliphatic heterocycles. The molecule has 2 rings (SSSR count). The Morgan fingerprint density at radius 3 is 2.67 bits per heavy atom. The fourth-order valence-electron chi connectivity index (χ4n) is 2.80.